The van der Waals surface area contributed by atoms with Crippen LogP contribution in [0.25, 0.3) is 0 Å². The average Bonchev–Trinajstić information content (AvgIpc) is 2.54. The van der Waals surface area contributed by atoms with Crippen LogP contribution < -0.4 is 0 Å². The molecular weight excluding hydrogens is 136 g/mol. The van der Waals surface area contributed by atoms with Crippen LogP contribution in [-0.2, 0) is 0 Å². The van der Waals surface area contributed by atoms with Crippen molar-refractivity contribution in [2.45, 2.75) is 38.7 Å². The van der Waals surface area contributed by atoms with Crippen LogP contribution in [0, 0.1) is 11.3 Å². The predicted molar refractivity (Wildman–Crippen MR) is 45.2 cm³/mol. The summed E-state index contributed by atoms with van der Waals surface area (Å²) in [6.07, 6.45) is 3.29. The second-order valence-electron chi connectivity index (χ2n) is 4.55. The first-order chi connectivity index (χ1) is 4.99. The molecule has 0 unspecified atom stereocenters. The topological polar surface area (TPSA) is 20.2 Å². The van der Waals surface area contributed by atoms with Crippen LogP contribution in [0.4, 0.5) is 0 Å². The molecule has 1 nitrogen and oxygen atoms in total. The van der Waals surface area contributed by atoms with Crippen molar-refractivity contribution in [3.63, 3.8) is 0 Å². The maximum Gasteiger partial charge on any atom is 0.0656 e. The Hall–Kier alpha value is -0.300. The SMILES string of the molecule is C=C(C)[C@]12CC[C@@](C)(O)[C@H]1C2. The van der Waals surface area contributed by atoms with Crippen molar-refractivity contribution >= 4 is 0 Å². The molecule has 11 heavy (non-hydrogen) atoms. The molecule has 2 aliphatic carbocycles. The highest BCUT2D eigenvalue weighted by atomic mass is 16.3. The third-order valence-electron chi connectivity index (χ3n) is 3.75. The Balaban J connectivity index is 2.23. The molecule has 2 rings (SSSR count). The lowest BCUT2D eigenvalue weighted by molar-refractivity contribution is 0.0439. The molecule has 0 aromatic heterocycles. The average molecular weight is 152 g/mol. The van der Waals surface area contributed by atoms with E-state index in [0.717, 1.165) is 12.8 Å². The summed E-state index contributed by atoms with van der Waals surface area (Å²) >= 11 is 0. The van der Waals surface area contributed by atoms with E-state index in [4.69, 9.17) is 0 Å². The van der Waals surface area contributed by atoms with Gasteiger partial charge < -0.3 is 5.11 Å². The molecule has 0 amide bonds. The highest BCUT2D eigenvalue weighted by molar-refractivity contribution is 5.28. The van der Waals surface area contributed by atoms with Gasteiger partial charge in [-0.15, -0.1) is 0 Å². The summed E-state index contributed by atoms with van der Waals surface area (Å²) in [5.41, 5.74) is 1.24. The first-order valence-electron chi connectivity index (χ1n) is 4.37. The van der Waals surface area contributed by atoms with Crippen molar-refractivity contribution in [2.24, 2.45) is 11.3 Å². The number of allylic oxidation sites excluding steroid dienone is 1. The first kappa shape index (κ1) is 7.35. The van der Waals surface area contributed by atoms with Crippen molar-refractivity contribution in [1.29, 1.82) is 0 Å². The smallest absolute Gasteiger partial charge is 0.0656 e. The largest absolute Gasteiger partial charge is 0.390 e. The highest BCUT2D eigenvalue weighted by Crippen LogP contribution is 2.70. The molecule has 2 saturated carbocycles. The van der Waals surface area contributed by atoms with Gasteiger partial charge in [0, 0.05) is 0 Å². The summed E-state index contributed by atoms with van der Waals surface area (Å²) in [5.74, 6) is 0.521. The molecule has 2 aliphatic rings. The number of hydrogen-bond donors (Lipinski definition) is 1. The number of hydrogen-bond acceptors (Lipinski definition) is 1. The standard InChI is InChI=1S/C10H16O/c1-7(2)10-5-4-9(3,11)8(10)6-10/h8,11H,1,4-6H2,2-3H3/t8-,9-,10-/m1/s1. The van der Waals surface area contributed by atoms with Crippen LogP contribution in [0.15, 0.2) is 12.2 Å². The molecular formula is C10H16O. The summed E-state index contributed by atoms with van der Waals surface area (Å²) < 4.78 is 0. The fourth-order valence-corrected chi connectivity index (χ4v) is 2.73. The monoisotopic (exact) mass is 152 g/mol. The van der Waals surface area contributed by atoms with Crippen molar-refractivity contribution in [2.75, 3.05) is 0 Å². The van der Waals surface area contributed by atoms with E-state index in [9.17, 15) is 5.11 Å². The molecule has 2 fully saturated rings. The van der Waals surface area contributed by atoms with Gasteiger partial charge in [0.15, 0.2) is 0 Å². The molecule has 0 bridgehead atoms. The van der Waals surface area contributed by atoms with Gasteiger partial charge >= 0.3 is 0 Å². The van der Waals surface area contributed by atoms with Crippen molar-refractivity contribution in [3.8, 4) is 0 Å². The van der Waals surface area contributed by atoms with Crippen molar-refractivity contribution in [3.05, 3.63) is 12.2 Å². The van der Waals surface area contributed by atoms with Crippen molar-refractivity contribution < 1.29 is 5.11 Å². The summed E-state index contributed by atoms with van der Waals surface area (Å²) in [6, 6.07) is 0. The van der Waals surface area contributed by atoms with Gasteiger partial charge in [0.1, 0.15) is 0 Å². The maximum absolute atomic E-state index is 9.88. The van der Waals surface area contributed by atoms with Crippen LogP contribution in [0.2, 0.25) is 0 Å². The molecule has 0 aliphatic heterocycles. The van der Waals surface area contributed by atoms with Gasteiger partial charge in [-0.2, -0.15) is 0 Å². The van der Waals surface area contributed by atoms with E-state index in [1.54, 1.807) is 0 Å². The number of aliphatic hydroxyl groups is 1. The van der Waals surface area contributed by atoms with Crippen LogP contribution in [0.3, 0.4) is 0 Å². The van der Waals surface area contributed by atoms with E-state index in [1.807, 2.05) is 6.92 Å². The van der Waals surface area contributed by atoms with Gasteiger partial charge in [0.05, 0.1) is 5.60 Å². The zero-order valence-electron chi connectivity index (χ0n) is 7.35. The Bertz CT molecular complexity index is 217. The maximum atomic E-state index is 9.88. The Labute approximate surface area is 68.1 Å². The Morgan fingerprint density at radius 1 is 1.55 bits per heavy atom. The predicted octanol–water partition coefficient (Wildman–Crippen LogP) is 2.11. The van der Waals surface area contributed by atoms with E-state index in [2.05, 4.69) is 13.5 Å². The first-order valence-corrected chi connectivity index (χ1v) is 4.37. The van der Waals surface area contributed by atoms with Crippen LogP contribution in [-0.4, -0.2) is 10.7 Å². The molecule has 0 spiro atoms. The Morgan fingerprint density at radius 2 is 2.18 bits per heavy atom. The van der Waals surface area contributed by atoms with Gasteiger partial charge in [-0.25, -0.2) is 0 Å². The Kier molecular flexibility index (Phi) is 1.15. The number of rotatable bonds is 1. The zero-order chi connectivity index (χ0) is 8.28. The second kappa shape index (κ2) is 1.71. The van der Waals surface area contributed by atoms with Crippen LogP contribution >= 0.6 is 0 Å². The van der Waals surface area contributed by atoms with Gasteiger partial charge in [-0.05, 0) is 44.4 Å². The molecule has 0 aromatic carbocycles. The summed E-state index contributed by atoms with van der Waals surface area (Å²) in [6.45, 7) is 8.07. The highest BCUT2D eigenvalue weighted by Gasteiger charge is 2.66. The molecule has 0 radical (unpaired) electrons. The summed E-state index contributed by atoms with van der Waals surface area (Å²) in [4.78, 5) is 0. The zero-order valence-corrected chi connectivity index (χ0v) is 7.35. The lowest BCUT2D eigenvalue weighted by atomic mass is 9.96. The molecule has 62 valence electrons. The van der Waals surface area contributed by atoms with Gasteiger partial charge in [0.25, 0.3) is 0 Å². The number of fused-ring (bicyclic) bond motifs is 1. The minimum atomic E-state index is -0.390. The minimum absolute atomic E-state index is 0.351. The van der Waals surface area contributed by atoms with E-state index in [1.165, 1.54) is 12.0 Å². The lowest BCUT2D eigenvalue weighted by Gasteiger charge is -2.16. The van der Waals surface area contributed by atoms with E-state index in [-0.39, 0.29) is 5.60 Å². The molecule has 1 N–H and O–H groups in total. The lowest BCUT2D eigenvalue weighted by Crippen LogP contribution is -2.23. The van der Waals surface area contributed by atoms with E-state index >= 15 is 0 Å². The van der Waals surface area contributed by atoms with Gasteiger partial charge in [-0.1, -0.05) is 12.2 Å². The fourth-order valence-electron chi connectivity index (χ4n) is 2.73. The van der Waals surface area contributed by atoms with Gasteiger partial charge in [-0.3, -0.25) is 0 Å². The molecule has 1 heteroatoms. The molecule has 0 heterocycles. The minimum Gasteiger partial charge on any atom is -0.390 e. The summed E-state index contributed by atoms with van der Waals surface area (Å²) in [7, 11) is 0. The third-order valence-corrected chi connectivity index (χ3v) is 3.75. The normalized spacial score (nSPS) is 53.9. The molecule has 0 saturated heterocycles. The van der Waals surface area contributed by atoms with E-state index < -0.39 is 0 Å². The molecule has 0 aromatic rings. The Morgan fingerprint density at radius 3 is 2.36 bits per heavy atom. The quantitative estimate of drug-likeness (QED) is 0.570. The van der Waals surface area contributed by atoms with E-state index in [0.29, 0.717) is 11.3 Å². The summed E-state index contributed by atoms with van der Waals surface area (Å²) in [5, 5.41) is 9.88. The van der Waals surface area contributed by atoms with Crippen molar-refractivity contribution in [1.82, 2.24) is 0 Å². The fraction of sp³-hybridized carbons (Fsp3) is 0.800. The second-order valence-corrected chi connectivity index (χ2v) is 4.55. The van der Waals surface area contributed by atoms with Gasteiger partial charge in [0.2, 0.25) is 0 Å². The van der Waals surface area contributed by atoms with Crippen LogP contribution in [0.1, 0.15) is 33.1 Å². The van der Waals surface area contributed by atoms with Crippen LogP contribution in [0.5, 0.6) is 0 Å². The third kappa shape index (κ3) is 0.750. The molecule has 3 atom stereocenters.